The third-order valence-corrected chi connectivity index (χ3v) is 5.53. The number of esters is 2. The minimum absolute atomic E-state index is 0.158. The highest BCUT2D eigenvalue weighted by molar-refractivity contribution is 5.94. The number of carbonyl (C=O) groups is 2. The third kappa shape index (κ3) is 13.7. The monoisotopic (exact) mass is 378 g/mol. The fourth-order valence-corrected chi connectivity index (χ4v) is 3.72. The van der Waals surface area contributed by atoms with Crippen LogP contribution in [0.2, 0.25) is 0 Å². The van der Waals surface area contributed by atoms with Gasteiger partial charge in [-0.1, -0.05) is 103 Å². The highest BCUT2D eigenvalue weighted by Gasteiger charge is 2.32. The van der Waals surface area contributed by atoms with E-state index in [1.807, 2.05) is 0 Å². The molecule has 1 aliphatic rings. The molecule has 1 atom stereocenters. The number of allylic oxidation sites excluding steroid dienone is 2. The van der Waals surface area contributed by atoms with Gasteiger partial charge < -0.3 is 4.74 Å². The zero-order valence-electron chi connectivity index (χ0n) is 17.7. The van der Waals surface area contributed by atoms with Gasteiger partial charge in [-0.2, -0.15) is 0 Å². The molecule has 3 nitrogen and oxygen atoms in total. The van der Waals surface area contributed by atoms with Crippen molar-refractivity contribution >= 4 is 11.9 Å². The molecule has 0 aromatic heterocycles. The van der Waals surface area contributed by atoms with Gasteiger partial charge in [-0.15, -0.1) is 0 Å². The molecule has 0 amide bonds. The zero-order chi connectivity index (χ0) is 19.6. The third-order valence-electron chi connectivity index (χ3n) is 5.53. The first-order valence-corrected chi connectivity index (χ1v) is 11.6. The summed E-state index contributed by atoms with van der Waals surface area (Å²) in [5.41, 5.74) is 0. The first kappa shape index (κ1) is 23.9. The number of hydrogen-bond donors (Lipinski definition) is 0. The molecule has 0 aromatic rings. The summed E-state index contributed by atoms with van der Waals surface area (Å²) in [7, 11) is 0. The first-order chi connectivity index (χ1) is 13.2. The number of unbranched alkanes of at least 4 members (excludes halogenated alkanes) is 14. The second kappa shape index (κ2) is 17.0. The largest absolute Gasteiger partial charge is 0.393 e. The van der Waals surface area contributed by atoms with Crippen LogP contribution < -0.4 is 0 Å². The fourth-order valence-electron chi connectivity index (χ4n) is 3.72. The molecule has 1 fully saturated rings. The van der Waals surface area contributed by atoms with Crippen LogP contribution in [0.25, 0.3) is 0 Å². The van der Waals surface area contributed by atoms with E-state index in [0.29, 0.717) is 6.42 Å². The molecule has 3 heteroatoms. The normalized spacial score (nSPS) is 17.1. The topological polar surface area (TPSA) is 43.4 Å². The van der Waals surface area contributed by atoms with Gasteiger partial charge in [-0.05, 0) is 25.7 Å². The van der Waals surface area contributed by atoms with Gasteiger partial charge in [0.2, 0.25) is 0 Å². The highest BCUT2D eigenvalue weighted by atomic mass is 16.6. The van der Waals surface area contributed by atoms with Crippen molar-refractivity contribution in [3.8, 4) is 0 Å². The highest BCUT2D eigenvalue weighted by Crippen LogP contribution is 2.22. The lowest BCUT2D eigenvalue weighted by atomic mass is 9.98. The Bertz CT molecular complexity index is 414. The van der Waals surface area contributed by atoms with Crippen molar-refractivity contribution in [1.29, 1.82) is 0 Å². The Morgan fingerprint density at radius 3 is 1.70 bits per heavy atom. The van der Waals surface area contributed by atoms with Gasteiger partial charge in [-0.25, -0.2) is 0 Å². The Balaban J connectivity index is 1.73. The summed E-state index contributed by atoms with van der Waals surface area (Å²) in [6, 6.07) is 0. The molecule has 1 aliphatic heterocycles. The first-order valence-electron chi connectivity index (χ1n) is 11.6. The predicted molar refractivity (Wildman–Crippen MR) is 113 cm³/mol. The van der Waals surface area contributed by atoms with Gasteiger partial charge >= 0.3 is 11.9 Å². The molecule has 27 heavy (non-hydrogen) atoms. The zero-order valence-corrected chi connectivity index (χ0v) is 17.7. The van der Waals surface area contributed by atoms with E-state index >= 15 is 0 Å². The van der Waals surface area contributed by atoms with Crippen LogP contribution in [0.5, 0.6) is 0 Å². The average Bonchev–Trinajstić information content (AvgIpc) is 2.98. The molecule has 0 bridgehead atoms. The lowest BCUT2D eigenvalue weighted by molar-refractivity contribution is -0.153. The van der Waals surface area contributed by atoms with Crippen LogP contribution in [0.4, 0.5) is 0 Å². The molecule has 0 aromatic carbocycles. The summed E-state index contributed by atoms with van der Waals surface area (Å²) in [5, 5.41) is 0. The molecule has 1 rings (SSSR count). The number of rotatable bonds is 18. The van der Waals surface area contributed by atoms with E-state index < -0.39 is 0 Å². The van der Waals surface area contributed by atoms with Crippen LogP contribution in [0, 0.1) is 5.92 Å². The van der Waals surface area contributed by atoms with Crippen molar-refractivity contribution in [3.05, 3.63) is 12.2 Å². The Kier molecular flexibility index (Phi) is 15.1. The smallest absolute Gasteiger partial charge is 0.317 e. The summed E-state index contributed by atoms with van der Waals surface area (Å²) < 4.78 is 4.58. The van der Waals surface area contributed by atoms with Gasteiger partial charge in [-0.3, -0.25) is 9.59 Å². The maximum atomic E-state index is 11.4. The SMILES string of the molecule is CCCC/C=C/CCCCCCCCCCCCCCC1CC(=O)OC1=O. The Labute approximate surface area is 167 Å². The van der Waals surface area contributed by atoms with E-state index in [4.69, 9.17) is 0 Å². The van der Waals surface area contributed by atoms with Gasteiger partial charge in [0, 0.05) is 0 Å². The maximum Gasteiger partial charge on any atom is 0.317 e. The Hall–Kier alpha value is -1.12. The van der Waals surface area contributed by atoms with Gasteiger partial charge in [0.1, 0.15) is 0 Å². The molecular formula is C24H42O3. The van der Waals surface area contributed by atoms with Crippen LogP contribution in [0.3, 0.4) is 0 Å². The van der Waals surface area contributed by atoms with Crippen molar-refractivity contribution in [1.82, 2.24) is 0 Å². The van der Waals surface area contributed by atoms with E-state index in [1.165, 1.54) is 96.3 Å². The molecule has 1 saturated heterocycles. The molecule has 0 spiro atoms. The summed E-state index contributed by atoms with van der Waals surface area (Å²) >= 11 is 0. The Morgan fingerprint density at radius 1 is 0.741 bits per heavy atom. The van der Waals surface area contributed by atoms with Crippen molar-refractivity contribution in [3.63, 3.8) is 0 Å². The van der Waals surface area contributed by atoms with E-state index in [1.54, 1.807) is 0 Å². The number of hydrogen-bond acceptors (Lipinski definition) is 3. The minimum Gasteiger partial charge on any atom is -0.393 e. The summed E-state index contributed by atoms with van der Waals surface area (Å²) in [6.07, 6.45) is 26.8. The lowest BCUT2D eigenvalue weighted by Crippen LogP contribution is -2.06. The summed E-state index contributed by atoms with van der Waals surface area (Å²) in [5.74, 6) is -0.803. The van der Waals surface area contributed by atoms with Crippen LogP contribution >= 0.6 is 0 Å². The molecule has 1 heterocycles. The van der Waals surface area contributed by atoms with E-state index in [-0.39, 0.29) is 17.9 Å². The van der Waals surface area contributed by atoms with Crippen LogP contribution in [-0.2, 0) is 14.3 Å². The van der Waals surface area contributed by atoms with Crippen molar-refractivity contribution < 1.29 is 14.3 Å². The van der Waals surface area contributed by atoms with Crippen LogP contribution in [0.15, 0.2) is 12.2 Å². The molecule has 0 N–H and O–H groups in total. The number of carbonyl (C=O) groups excluding carboxylic acids is 2. The standard InChI is InChI=1S/C24H42O3/c1-2-3-4-5-6-7-8-9-10-11-12-13-14-15-16-17-18-19-20-22-21-23(25)27-24(22)26/h5-6,22H,2-4,7-21H2,1H3/b6-5+. The second-order valence-electron chi connectivity index (χ2n) is 8.13. The van der Waals surface area contributed by atoms with Gasteiger partial charge in [0.25, 0.3) is 0 Å². The van der Waals surface area contributed by atoms with Crippen LogP contribution in [0.1, 0.15) is 122 Å². The second-order valence-corrected chi connectivity index (χ2v) is 8.13. The van der Waals surface area contributed by atoms with E-state index in [9.17, 15) is 9.59 Å². The van der Waals surface area contributed by atoms with Crippen molar-refractivity contribution in [2.75, 3.05) is 0 Å². The van der Waals surface area contributed by atoms with E-state index in [2.05, 4.69) is 23.8 Å². The van der Waals surface area contributed by atoms with Gasteiger partial charge in [0.15, 0.2) is 0 Å². The quantitative estimate of drug-likeness (QED) is 0.109. The number of cyclic esters (lactones) is 2. The van der Waals surface area contributed by atoms with Crippen molar-refractivity contribution in [2.24, 2.45) is 5.92 Å². The molecule has 0 saturated carbocycles. The molecule has 0 radical (unpaired) electrons. The van der Waals surface area contributed by atoms with Gasteiger partial charge in [0.05, 0.1) is 12.3 Å². The average molecular weight is 379 g/mol. The summed E-state index contributed by atoms with van der Waals surface area (Å²) in [4.78, 5) is 22.4. The number of ether oxygens (including phenoxy) is 1. The maximum absolute atomic E-state index is 11.4. The van der Waals surface area contributed by atoms with Crippen LogP contribution in [-0.4, -0.2) is 11.9 Å². The fraction of sp³-hybridized carbons (Fsp3) is 0.833. The molecule has 156 valence electrons. The molecule has 0 aliphatic carbocycles. The predicted octanol–water partition coefficient (Wildman–Crippen LogP) is 7.28. The van der Waals surface area contributed by atoms with Crippen molar-refractivity contribution in [2.45, 2.75) is 122 Å². The summed E-state index contributed by atoms with van der Waals surface area (Å²) in [6.45, 7) is 2.25. The minimum atomic E-state index is -0.343. The van der Waals surface area contributed by atoms with E-state index in [0.717, 1.165) is 12.8 Å². The molecular weight excluding hydrogens is 336 g/mol. The Morgan fingerprint density at radius 2 is 1.22 bits per heavy atom. The molecule has 1 unspecified atom stereocenters. The lowest BCUT2D eigenvalue weighted by Gasteiger charge is -2.05.